The number of halogens is 2. The van der Waals surface area contributed by atoms with Crippen molar-refractivity contribution < 1.29 is 4.79 Å². The standard InChI is InChI=1S/C12H16Cl2N2O/c1-4-7(2)16(3)12(17)8-5-9(13)11(14)10(15)6-8/h5-7H,4,15H2,1-3H3. The van der Waals surface area contributed by atoms with Crippen molar-refractivity contribution in [3.8, 4) is 0 Å². The molecule has 0 aliphatic rings. The van der Waals surface area contributed by atoms with Gasteiger partial charge in [0, 0.05) is 18.7 Å². The van der Waals surface area contributed by atoms with Crippen LogP contribution in [-0.2, 0) is 0 Å². The number of carbonyl (C=O) groups excluding carboxylic acids is 1. The first-order chi connectivity index (χ1) is 7.88. The highest BCUT2D eigenvalue weighted by Gasteiger charge is 2.18. The van der Waals surface area contributed by atoms with Gasteiger partial charge in [-0.1, -0.05) is 30.1 Å². The molecule has 1 aromatic carbocycles. The van der Waals surface area contributed by atoms with E-state index in [2.05, 4.69) is 0 Å². The van der Waals surface area contributed by atoms with Gasteiger partial charge in [0.25, 0.3) is 5.91 Å². The first-order valence-electron chi connectivity index (χ1n) is 5.40. The SMILES string of the molecule is CCC(C)N(C)C(=O)c1cc(N)c(Cl)c(Cl)c1. The Morgan fingerprint density at radius 3 is 2.53 bits per heavy atom. The second-order valence-electron chi connectivity index (χ2n) is 4.03. The highest BCUT2D eigenvalue weighted by atomic mass is 35.5. The largest absolute Gasteiger partial charge is 0.397 e. The maximum absolute atomic E-state index is 12.1. The van der Waals surface area contributed by atoms with Crippen molar-refractivity contribution in [2.75, 3.05) is 12.8 Å². The first-order valence-corrected chi connectivity index (χ1v) is 6.15. The lowest BCUT2D eigenvalue weighted by Crippen LogP contribution is -2.34. The number of amides is 1. The normalized spacial score (nSPS) is 12.3. The van der Waals surface area contributed by atoms with Crippen LogP contribution in [0.3, 0.4) is 0 Å². The Morgan fingerprint density at radius 2 is 2.06 bits per heavy atom. The molecule has 0 aliphatic carbocycles. The van der Waals surface area contributed by atoms with E-state index in [4.69, 9.17) is 28.9 Å². The van der Waals surface area contributed by atoms with Crippen LogP contribution in [0.1, 0.15) is 30.6 Å². The Bertz CT molecular complexity index is 412. The summed E-state index contributed by atoms with van der Waals surface area (Å²) in [5.41, 5.74) is 6.46. The van der Waals surface area contributed by atoms with Gasteiger partial charge in [0.15, 0.2) is 0 Å². The number of rotatable bonds is 3. The van der Waals surface area contributed by atoms with Crippen LogP contribution in [-0.4, -0.2) is 23.9 Å². The van der Waals surface area contributed by atoms with Crippen molar-refractivity contribution in [2.24, 2.45) is 0 Å². The quantitative estimate of drug-likeness (QED) is 0.859. The molecule has 1 amide bonds. The molecule has 0 aliphatic heterocycles. The van der Waals surface area contributed by atoms with E-state index >= 15 is 0 Å². The summed E-state index contributed by atoms with van der Waals surface area (Å²) in [6.45, 7) is 4.01. The Hall–Kier alpha value is -0.930. The summed E-state index contributed by atoms with van der Waals surface area (Å²) in [5, 5.41) is 0.585. The fraction of sp³-hybridized carbons (Fsp3) is 0.417. The molecule has 0 heterocycles. The molecule has 2 N–H and O–H groups in total. The molecule has 1 rings (SSSR count). The Morgan fingerprint density at radius 1 is 1.47 bits per heavy atom. The molecule has 0 fully saturated rings. The fourth-order valence-corrected chi connectivity index (χ4v) is 1.75. The van der Waals surface area contributed by atoms with Crippen LogP contribution in [0.2, 0.25) is 10.0 Å². The number of nitrogens with two attached hydrogens (primary N) is 1. The van der Waals surface area contributed by atoms with Crippen molar-refractivity contribution in [1.29, 1.82) is 0 Å². The average molecular weight is 275 g/mol. The molecule has 94 valence electrons. The lowest BCUT2D eigenvalue weighted by molar-refractivity contribution is 0.0740. The van der Waals surface area contributed by atoms with Gasteiger partial charge in [-0.2, -0.15) is 0 Å². The molecule has 5 heteroatoms. The van der Waals surface area contributed by atoms with E-state index in [1.807, 2.05) is 13.8 Å². The second-order valence-corrected chi connectivity index (χ2v) is 4.82. The Kier molecular flexibility index (Phi) is 4.66. The van der Waals surface area contributed by atoms with E-state index in [-0.39, 0.29) is 17.0 Å². The van der Waals surface area contributed by atoms with Gasteiger partial charge in [-0.3, -0.25) is 4.79 Å². The molecule has 0 radical (unpaired) electrons. The van der Waals surface area contributed by atoms with Crippen LogP contribution < -0.4 is 5.73 Å². The van der Waals surface area contributed by atoms with E-state index in [0.29, 0.717) is 16.3 Å². The van der Waals surface area contributed by atoms with Gasteiger partial charge >= 0.3 is 0 Å². The number of carbonyl (C=O) groups is 1. The van der Waals surface area contributed by atoms with Gasteiger partial charge in [-0.15, -0.1) is 0 Å². The van der Waals surface area contributed by atoms with Gasteiger partial charge < -0.3 is 10.6 Å². The number of hydrogen-bond acceptors (Lipinski definition) is 2. The van der Waals surface area contributed by atoms with Crippen molar-refractivity contribution in [3.63, 3.8) is 0 Å². The van der Waals surface area contributed by atoms with E-state index in [1.54, 1.807) is 24.1 Å². The second kappa shape index (κ2) is 5.61. The van der Waals surface area contributed by atoms with E-state index in [0.717, 1.165) is 6.42 Å². The number of nitrogen functional groups attached to an aromatic ring is 1. The van der Waals surface area contributed by atoms with E-state index in [1.165, 1.54) is 0 Å². The summed E-state index contributed by atoms with van der Waals surface area (Å²) >= 11 is 11.7. The molecule has 0 bridgehead atoms. The maximum atomic E-state index is 12.1. The van der Waals surface area contributed by atoms with Crippen molar-refractivity contribution in [2.45, 2.75) is 26.3 Å². The van der Waals surface area contributed by atoms with Crippen molar-refractivity contribution in [1.82, 2.24) is 4.90 Å². The zero-order valence-electron chi connectivity index (χ0n) is 10.1. The van der Waals surface area contributed by atoms with Crippen LogP contribution in [0.5, 0.6) is 0 Å². The molecule has 0 saturated carbocycles. The summed E-state index contributed by atoms with van der Waals surface area (Å²) in [4.78, 5) is 13.8. The lowest BCUT2D eigenvalue weighted by atomic mass is 10.1. The van der Waals surface area contributed by atoms with Gasteiger partial charge in [0.05, 0.1) is 15.7 Å². The number of benzene rings is 1. The molecule has 17 heavy (non-hydrogen) atoms. The maximum Gasteiger partial charge on any atom is 0.253 e. The summed E-state index contributed by atoms with van der Waals surface area (Å²) < 4.78 is 0. The highest BCUT2D eigenvalue weighted by Crippen LogP contribution is 2.29. The Labute approximate surface area is 111 Å². The predicted molar refractivity (Wildman–Crippen MR) is 72.7 cm³/mol. The molecule has 1 atom stereocenters. The van der Waals surface area contributed by atoms with Crippen molar-refractivity contribution in [3.05, 3.63) is 27.7 Å². The van der Waals surface area contributed by atoms with E-state index in [9.17, 15) is 4.79 Å². The summed E-state index contributed by atoms with van der Waals surface area (Å²) in [5.74, 6) is -0.107. The zero-order chi connectivity index (χ0) is 13.2. The molecule has 3 nitrogen and oxygen atoms in total. The minimum absolute atomic E-state index is 0.107. The molecular formula is C12H16Cl2N2O. The van der Waals surface area contributed by atoms with Crippen LogP contribution in [0.25, 0.3) is 0 Å². The third-order valence-electron chi connectivity index (χ3n) is 2.88. The number of hydrogen-bond donors (Lipinski definition) is 1. The first kappa shape index (κ1) is 14.1. The minimum Gasteiger partial charge on any atom is -0.397 e. The zero-order valence-corrected chi connectivity index (χ0v) is 11.6. The van der Waals surface area contributed by atoms with Crippen LogP contribution in [0, 0.1) is 0 Å². The lowest BCUT2D eigenvalue weighted by Gasteiger charge is -2.24. The summed E-state index contributed by atoms with van der Waals surface area (Å²) in [6.07, 6.45) is 0.888. The topological polar surface area (TPSA) is 46.3 Å². The average Bonchev–Trinajstić information content (AvgIpc) is 2.32. The fourth-order valence-electron chi connectivity index (χ4n) is 1.41. The monoisotopic (exact) mass is 274 g/mol. The van der Waals surface area contributed by atoms with Crippen LogP contribution in [0.15, 0.2) is 12.1 Å². The smallest absolute Gasteiger partial charge is 0.253 e. The number of anilines is 1. The van der Waals surface area contributed by atoms with Gasteiger partial charge in [0.1, 0.15) is 0 Å². The molecular weight excluding hydrogens is 259 g/mol. The summed E-state index contributed by atoms with van der Waals surface area (Å²) in [6, 6.07) is 3.26. The molecule has 0 aromatic heterocycles. The van der Waals surface area contributed by atoms with Gasteiger partial charge in [-0.25, -0.2) is 0 Å². The third-order valence-corrected chi connectivity index (χ3v) is 3.69. The summed E-state index contributed by atoms with van der Waals surface area (Å²) in [7, 11) is 1.76. The highest BCUT2D eigenvalue weighted by molar-refractivity contribution is 6.43. The molecule has 1 aromatic rings. The molecule has 0 saturated heterocycles. The van der Waals surface area contributed by atoms with Crippen LogP contribution in [0.4, 0.5) is 5.69 Å². The Balaban J connectivity index is 3.05. The van der Waals surface area contributed by atoms with Gasteiger partial charge in [0.2, 0.25) is 0 Å². The molecule has 1 unspecified atom stereocenters. The minimum atomic E-state index is -0.107. The van der Waals surface area contributed by atoms with Crippen molar-refractivity contribution >= 4 is 34.8 Å². The van der Waals surface area contributed by atoms with E-state index < -0.39 is 0 Å². The molecule has 0 spiro atoms. The van der Waals surface area contributed by atoms with Crippen LogP contribution >= 0.6 is 23.2 Å². The predicted octanol–water partition coefficient (Wildman–Crippen LogP) is 3.45. The third kappa shape index (κ3) is 3.05. The number of nitrogens with zero attached hydrogens (tertiary/aromatic N) is 1. The van der Waals surface area contributed by atoms with Gasteiger partial charge in [-0.05, 0) is 25.5 Å².